The van der Waals surface area contributed by atoms with Gasteiger partial charge in [-0.2, -0.15) is 0 Å². The molecule has 0 aromatic carbocycles. The first-order valence-corrected chi connectivity index (χ1v) is 15.3. The van der Waals surface area contributed by atoms with Gasteiger partial charge in [0.25, 0.3) is 0 Å². The molecule has 28 heavy (non-hydrogen) atoms. The van der Waals surface area contributed by atoms with E-state index < -0.39 is 15.6 Å². The van der Waals surface area contributed by atoms with Crippen LogP contribution in [0.5, 0.6) is 0 Å². The van der Waals surface area contributed by atoms with Crippen LogP contribution in [0.15, 0.2) is 22.3 Å². The van der Waals surface area contributed by atoms with E-state index in [0.717, 1.165) is 17.3 Å². The summed E-state index contributed by atoms with van der Waals surface area (Å²) in [6.07, 6.45) is 0. The van der Waals surface area contributed by atoms with Gasteiger partial charge in [0.1, 0.15) is 11.5 Å². The van der Waals surface area contributed by atoms with Gasteiger partial charge in [-0.25, -0.2) is 9.13 Å². The maximum absolute atomic E-state index is 11.7. The normalized spacial score (nSPS) is 23.9. The zero-order valence-corrected chi connectivity index (χ0v) is 21.1. The van der Waals surface area contributed by atoms with Gasteiger partial charge in [0.05, 0.1) is 11.0 Å². The van der Waals surface area contributed by atoms with Gasteiger partial charge >= 0.3 is 15.6 Å². The summed E-state index contributed by atoms with van der Waals surface area (Å²) in [5, 5.41) is 4.14. The Morgan fingerprint density at radius 2 is 1.68 bits per heavy atom. The Morgan fingerprint density at radius 3 is 2.29 bits per heavy atom. The van der Waals surface area contributed by atoms with Crippen molar-refractivity contribution < 1.29 is 37.0 Å². The smallest absolute Gasteiger partial charge is 0.407 e. The van der Waals surface area contributed by atoms with E-state index in [4.69, 9.17) is 23.4 Å². The van der Waals surface area contributed by atoms with E-state index in [1.165, 1.54) is 26.0 Å². The summed E-state index contributed by atoms with van der Waals surface area (Å²) in [6, 6.07) is 0. The molecular formula is C14H26O8P2S4. The Morgan fingerprint density at radius 1 is 1.00 bits per heavy atom. The third-order valence-corrected chi connectivity index (χ3v) is 9.72. The van der Waals surface area contributed by atoms with Crippen molar-refractivity contribution in [1.82, 2.24) is 0 Å². The minimum Gasteiger partial charge on any atom is -0.407 e. The summed E-state index contributed by atoms with van der Waals surface area (Å²) >= 11 is 6.56. The number of phosphoric ester groups is 2. The Hall–Kier alpha value is 0.780. The summed E-state index contributed by atoms with van der Waals surface area (Å²) in [6.45, 7) is 4.03. The second-order valence-electron chi connectivity index (χ2n) is 5.43. The van der Waals surface area contributed by atoms with E-state index in [1.54, 1.807) is 40.7 Å². The molecule has 2 atom stereocenters. The highest BCUT2D eigenvalue weighted by Crippen LogP contribution is 2.50. The molecule has 2 rings (SSSR count). The van der Waals surface area contributed by atoms with Crippen molar-refractivity contribution in [3.63, 3.8) is 0 Å². The van der Waals surface area contributed by atoms with Gasteiger partial charge in [-0.05, 0) is 6.92 Å². The van der Waals surface area contributed by atoms with Crippen LogP contribution in [0, 0.1) is 0 Å². The SMILES string of the molecule is CC1SCCSC=C1OP(=O)(O)O.COP(=O)(OC)OC1=CSCC(C)SC1. The lowest BCUT2D eigenvalue weighted by molar-refractivity contribution is 0.184. The predicted molar refractivity (Wildman–Crippen MR) is 121 cm³/mol. The number of hydrogen-bond acceptors (Lipinski definition) is 10. The largest absolute Gasteiger partial charge is 0.529 e. The van der Waals surface area contributed by atoms with Gasteiger partial charge in [-0.3, -0.25) is 18.8 Å². The number of phosphoric acid groups is 2. The highest BCUT2D eigenvalue weighted by molar-refractivity contribution is 8.06. The fourth-order valence-corrected chi connectivity index (χ4v) is 7.26. The van der Waals surface area contributed by atoms with Crippen molar-refractivity contribution in [2.75, 3.05) is 37.2 Å². The summed E-state index contributed by atoms with van der Waals surface area (Å²) in [5.41, 5.74) is 0. The molecule has 0 amide bonds. The summed E-state index contributed by atoms with van der Waals surface area (Å²) in [5.74, 6) is 4.67. The van der Waals surface area contributed by atoms with Crippen molar-refractivity contribution >= 4 is 62.7 Å². The Labute approximate surface area is 183 Å². The van der Waals surface area contributed by atoms with Gasteiger partial charge in [0, 0.05) is 47.5 Å². The number of thioether (sulfide) groups is 4. The van der Waals surface area contributed by atoms with Gasteiger partial charge in [0.15, 0.2) is 0 Å². The second-order valence-corrected chi connectivity index (χ2v) is 13.2. The molecule has 2 heterocycles. The molecule has 14 heteroatoms. The van der Waals surface area contributed by atoms with E-state index in [9.17, 15) is 9.13 Å². The zero-order valence-electron chi connectivity index (χ0n) is 16.0. The Balaban J connectivity index is 0.000000283. The Kier molecular flexibility index (Phi) is 12.7. The van der Waals surface area contributed by atoms with E-state index >= 15 is 0 Å². The maximum Gasteiger partial charge on any atom is 0.529 e. The van der Waals surface area contributed by atoms with E-state index in [2.05, 4.69) is 11.4 Å². The first-order chi connectivity index (χ1) is 13.1. The molecule has 0 saturated heterocycles. The lowest BCUT2D eigenvalue weighted by atomic mass is 10.4. The molecule has 0 saturated carbocycles. The summed E-state index contributed by atoms with van der Waals surface area (Å²) in [4.78, 5) is 17.2. The monoisotopic (exact) mass is 512 g/mol. The molecule has 2 N–H and O–H groups in total. The molecule has 2 aliphatic rings. The van der Waals surface area contributed by atoms with Gasteiger partial charge in [0.2, 0.25) is 0 Å². The molecule has 2 aliphatic heterocycles. The highest BCUT2D eigenvalue weighted by atomic mass is 32.2. The molecule has 164 valence electrons. The van der Waals surface area contributed by atoms with Gasteiger partial charge in [-0.15, -0.1) is 47.0 Å². The molecule has 0 spiro atoms. The quantitative estimate of drug-likeness (QED) is 0.471. The van der Waals surface area contributed by atoms with Gasteiger partial charge in [-0.1, -0.05) is 6.92 Å². The van der Waals surface area contributed by atoms with Crippen molar-refractivity contribution in [3.8, 4) is 0 Å². The molecule has 2 unspecified atom stereocenters. The third-order valence-electron chi connectivity index (χ3n) is 3.13. The van der Waals surface area contributed by atoms with Crippen molar-refractivity contribution in [2.45, 2.75) is 24.3 Å². The maximum atomic E-state index is 11.7. The second kappa shape index (κ2) is 13.2. The molecule has 0 aromatic heterocycles. The Bertz CT molecular complexity index is 631. The van der Waals surface area contributed by atoms with Crippen molar-refractivity contribution in [1.29, 1.82) is 0 Å². The van der Waals surface area contributed by atoms with Crippen molar-refractivity contribution in [2.24, 2.45) is 0 Å². The molecule has 0 bridgehead atoms. The van der Waals surface area contributed by atoms with E-state index in [0.29, 0.717) is 22.5 Å². The minimum atomic E-state index is -4.39. The van der Waals surface area contributed by atoms with Crippen LogP contribution >= 0.6 is 62.7 Å². The fraction of sp³-hybridized carbons (Fsp3) is 0.714. The van der Waals surface area contributed by atoms with Crippen LogP contribution in [0.4, 0.5) is 0 Å². The first kappa shape index (κ1) is 26.8. The molecule has 0 radical (unpaired) electrons. The van der Waals surface area contributed by atoms with Crippen LogP contribution in [0.25, 0.3) is 0 Å². The topological polar surface area (TPSA) is 112 Å². The standard InChI is InChI=1S/C8H15O4PS2.C6H11O4PS2/c1-7-4-14-5-8(6-15-7)12-13(9,10-2)11-3;1-5-6(10-11(7,8)9)4-12-2-3-13-5/h5,7H,4,6H2,1-3H3;4-5H,2-3H2,1H3,(H2,7,8,9). The predicted octanol–water partition coefficient (Wildman–Crippen LogP) is 4.92. The number of rotatable bonds is 6. The van der Waals surface area contributed by atoms with E-state index in [1.807, 2.05) is 12.3 Å². The molecule has 0 fully saturated rings. The lowest BCUT2D eigenvalue weighted by Crippen LogP contribution is -2.03. The lowest BCUT2D eigenvalue weighted by Gasteiger charge is -2.15. The van der Waals surface area contributed by atoms with Gasteiger partial charge < -0.3 is 9.05 Å². The fourth-order valence-electron chi connectivity index (χ4n) is 1.75. The third kappa shape index (κ3) is 11.2. The molecular weight excluding hydrogens is 486 g/mol. The highest BCUT2D eigenvalue weighted by Gasteiger charge is 2.26. The van der Waals surface area contributed by atoms with Crippen LogP contribution in [-0.4, -0.2) is 57.5 Å². The molecule has 8 nitrogen and oxygen atoms in total. The minimum absolute atomic E-state index is 0.0163. The van der Waals surface area contributed by atoms with Crippen LogP contribution in [0.2, 0.25) is 0 Å². The van der Waals surface area contributed by atoms with Crippen molar-refractivity contribution in [3.05, 3.63) is 22.3 Å². The average Bonchev–Trinajstić information content (AvgIpc) is 2.95. The van der Waals surface area contributed by atoms with Crippen LogP contribution in [0.3, 0.4) is 0 Å². The first-order valence-electron chi connectivity index (χ1n) is 8.10. The summed E-state index contributed by atoms with van der Waals surface area (Å²) < 4.78 is 41.5. The van der Waals surface area contributed by atoms with Crippen LogP contribution < -0.4 is 0 Å². The summed E-state index contributed by atoms with van der Waals surface area (Å²) in [7, 11) is -5.15. The number of hydrogen-bond donors (Lipinski definition) is 2. The average molecular weight is 513 g/mol. The van der Waals surface area contributed by atoms with Crippen LogP contribution in [-0.2, 0) is 27.2 Å². The van der Waals surface area contributed by atoms with Crippen LogP contribution in [0.1, 0.15) is 13.8 Å². The zero-order chi connectivity index (χ0) is 21.2. The molecule has 0 aliphatic carbocycles. The molecule has 0 aromatic rings. The van der Waals surface area contributed by atoms with E-state index in [-0.39, 0.29) is 5.25 Å².